The maximum absolute atomic E-state index is 11.9. The summed E-state index contributed by atoms with van der Waals surface area (Å²) in [4.78, 5) is 24.5. The fraction of sp³-hybridized carbons (Fsp3) is 0.800. The minimum atomic E-state index is -0.397. The molecule has 86 valence electrons. The lowest BCUT2D eigenvalue weighted by Crippen LogP contribution is -2.48. The normalized spacial score (nSPS) is 20.5. The Morgan fingerprint density at radius 2 is 2.33 bits per heavy atom. The Hall–Kier alpha value is -1.10. The van der Waals surface area contributed by atoms with E-state index in [1.807, 2.05) is 13.8 Å². The monoisotopic (exact) mass is 214 g/mol. The van der Waals surface area contributed by atoms with E-state index in [0.717, 1.165) is 0 Å². The maximum atomic E-state index is 11.9. The Labute approximate surface area is 89.4 Å². The first-order valence-electron chi connectivity index (χ1n) is 5.27. The summed E-state index contributed by atoms with van der Waals surface area (Å²) >= 11 is 0. The van der Waals surface area contributed by atoms with E-state index in [1.165, 1.54) is 0 Å². The molecule has 2 amide bonds. The molecule has 1 fully saturated rings. The molecular weight excluding hydrogens is 196 g/mol. The highest BCUT2D eigenvalue weighted by Gasteiger charge is 2.31. The Balaban J connectivity index is 2.59. The van der Waals surface area contributed by atoms with Crippen molar-refractivity contribution in [2.24, 2.45) is 0 Å². The smallest absolute Gasteiger partial charge is 0.245 e. The number of amides is 2. The van der Waals surface area contributed by atoms with Crippen LogP contribution >= 0.6 is 0 Å². The standard InChI is InChI=1S/C10H18N2O3/c1-7(2)12(5-6-13)10(15)8-3-4-9(14)11-8/h7-8,13H,3-6H2,1-2H3,(H,11,14)/t8-/m1/s1. The van der Waals surface area contributed by atoms with Crippen molar-refractivity contribution in [2.45, 2.75) is 38.8 Å². The maximum Gasteiger partial charge on any atom is 0.245 e. The lowest BCUT2D eigenvalue weighted by atomic mass is 10.2. The Kier molecular flexibility index (Phi) is 4.08. The van der Waals surface area contributed by atoms with Crippen molar-refractivity contribution in [3.8, 4) is 0 Å². The van der Waals surface area contributed by atoms with Crippen LogP contribution in [0.15, 0.2) is 0 Å². The second-order valence-corrected chi connectivity index (χ2v) is 4.01. The average Bonchev–Trinajstić information content (AvgIpc) is 2.59. The summed E-state index contributed by atoms with van der Waals surface area (Å²) < 4.78 is 0. The molecule has 0 aromatic rings. The van der Waals surface area contributed by atoms with Gasteiger partial charge in [0.1, 0.15) is 6.04 Å². The van der Waals surface area contributed by atoms with Gasteiger partial charge < -0.3 is 15.3 Å². The molecule has 5 nitrogen and oxygen atoms in total. The highest BCUT2D eigenvalue weighted by molar-refractivity contribution is 5.90. The van der Waals surface area contributed by atoms with E-state index >= 15 is 0 Å². The molecule has 1 saturated heterocycles. The Bertz CT molecular complexity index is 253. The molecule has 1 heterocycles. The molecule has 0 saturated carbocycles. The molecule has 1 rings (SSSR count). The number of hydrogen-bond acceptors (Lipinski definition) is 3. The average molecular weight is 214 g/mol. The van der Waals surface area contributed by atoms with Gasteiger partial charge in [-0.1, -0.05) is 0 Å². The molecule has 5 heteroatoms. The largest absolute Gasteiger partial charge is 0.395 e. The van der Waals surface area contributed by atoms with E-state index in [9.17, 15) is 9.59 Å². The van der Waals surface area contributed by atoms with E-state index < -0.39 is 6.04 Å². The van der Waals surface area contributed by atoms with Crippen LogP contribution in [-0.4, -0.2) is 47.1 Å². The van der Waals surface area contributed by atoms with Crippen LogP contribution < -0.4 is 5.32 Å². The zero-order valence-corrected chi connectivity index (χ0v) is 9.19. The number of hydrogen-bond donors (Lipinski definition) is 2. The molecule has 15 heavy (non-hydrogen) atoms. The first kappa shape index (κ1) is 12.0. The lowest BCUT2D eigenvalue weighted by Gasteiger charge is -2.28. The van der Waals surface area contributed by atoms with Crippen LogP contribution in [0.1, 0.15) is 26.7 Å². The predicted molar refractivity (Wildman–Crippen MR) is 55.1 cm³/mol. The summed E-state index contributed by atoms with van der Waals surface area (Å²) in [6.45, 7) is 4.06. The number of carbonyl (C=O) groups is 2. The SMILES string of the molecule is CC(C)N(CCO)C(=O)[C@H]1CCC(=O)N1. The van der Waals surface area contributed by atoms with E-state index in [2.05, 4.69) is 5.32 Å². The molecule has 0 aromatic carbocycles. The number of carbonyl (C=O) groups excluding carboxylic acids is 2. The predicted octanol–water partition coefficient (Wildman–Crippen LogP) is -0.506. The van der Waals surface area contributed by atoms with Gasteiger partial charge in [-0.25, -0.2) is 0 Å². The van der Waals surface area contributed by atoms with Crippen LogP contribution in [0, 0.1) is 0 Å². The molecule has 2 N–H and O–H groups in total. The van der Waals surface area contributed by atoms with Crippen LogP contribution in [-0.2, 0) is 9.59 Å². The number of aliphatic hydroxyl groups excluding tert-OH is 1. The van der Waals surface area contributed by atoms with E-state index in [0.29, 0.717) is 19.4 Å². The third kappa shape index (κ3) is 2.92. The van der Waals surface area contributed by atoms with Crippen molar-refractivity contribution in [3.63, 3.8) is 0 Å². The fourth-order valence-electron chi connectivity index (χ4n) is 1.73. The molecule has 1 aliphatic heterocycles. The third-order valence-electron chi connectivity index (χ3n) is 2.54. The van der Waals surface area contributed by atoms with Crippen LogP contribution in [0.3, 0.4) is 0 Å². The molecular formula is C10H18N2O3. The summed E-state index contributed by atoms with van der Waals surface area (Å²) in [6.07, 6.45) is 0.980. The minimum Gasteiger partial charge on any atom is -0.395 e. The van der Waals surface area contributed by atoms with Crippen molar-refractivity contribution in [3.05, 3.63) is 0 Å². The summed E-state index contributed by atoms with van der Waals surface area (Å²) in [5, 5.41) is 11.5. The van der Waals surface area contributed by atoms with Gasteiger partial charge in [0.2, 0.25) is 11.8 Å². The Morgan fingerprint density at radius 1 is 1.67 bits per heavy atom. The molecule has 0 unspecified atom stereocenters. The second kappa shape index (κ2) is 5.11. The molecule has 1 aliphatic rings. The van der Waals surface area contributed by atoms with Gasteiger partial charge >= 0.3 is 0 Å². The van der Waals surface area contributed by atoms with Crippen molar-refractivity contribution < 1.29 is 14.7 Å². The molecule has 0 bridgehead atoms. The Morgan fingerprint density at radius 3 is 2.73 bits per heavy atom. The van der Waals surface area contributed by atoms with Crippen molar-refractivity contribution in [1.82, 2.24) is 10.2 Å². The summed E-state index contributed by atoms with van der Waals surface area (Å²) in [5.41, 5.74) is 0. The van der Waals surface area contributed by atoms with Gasteiger partial charge in [0.25, 0.3) is 0 Å². The summed E-state index contributed by atoms with van der Waals surface area (Å²) in [7, 11) is 0. The molecule has 0 radical (unpaired) electrons. The topological polar surface area (TPSA) is 69.6 Å². The summed E-state index contributed by atoms with van der Waals surface area (Å²) in [5.74, 6) is -0.161. The highest BCUT2D eigenvalue weighted by atomic mass is 16.3. The van der Waals surface area contributed by atoms with Crippen LogP contribution in [0.4, 0.5) is 0 Å². The number of aliphatic hydroxyl groups is 1. The minimum absolute atomic E-state index is 0.0437. The van der Waals surface area contributed by atoms with E-state index in [1.54, 1.807) is 4.90 Å². The van der Waals surface area contributed by atoms with Gasteiger partial charge in [-0.3, -0.25) is 9.59 Å². The number of rotatable bonds is 4. The van der Waals surface area contributed by atoms with E-state index in [4.69, 9.17) is 5.11 Å². The first-order valence-corrected chi connectivity index (χ1v) is 5.27. The van der Waals surface area contributed by atoms with Gasteiger partial charge in [-0.15, -0.1) is 0 Å². The van der Waals surface area contributed by atoms with Gasteiger partial charge in [0, 0.05) is 19.0 Å². The van der Waals surface area contributed by atoms with Gasteiger partial charge in [-0.2, -0.15) is 0 Å². The van der Waals surface area contributed by atoms with Gasteiger partial charge in [-0.05, 0) is 20.3 Å². The van der Waals surface area contributed by atoms with Gasteiger partial charge in [0.05, 0.1) is 6.61 Å². The quantitative estimate of drug-likeness (QED) is 0.662. The first-order chi connectivity index (χ1) is 7.06. The fourth-order valence-corrected chi connectivity index (χ4v) is 1.73. The number of nitrogens with zero attached hydrogens (tertiary/aromatic N) is 1. The molecule has 0 aromatic heterocycles. The summed E-state index contributed by atoms with van der Waals surface area (Å²) in [6, 6.07) is -0.353. The highest BCUT2D eigenvalue weighted by Crippen LogP contribution is 2.11. The lowest BCUT2D eigenvalue weighted by molar-refractivity contribution is -0.136. The van der Waals surface area contributed by atoms with Crippen molar-refractivity contribution >= 4 is 11.8 Å². The number of nitrogens with one attached hydrogen (secondary N) is 1. The van der Waals surface area contributed by atoms with Gasteiger partial charge in [0.15, 0.2) is 0 Å². The molecule has 1 atom stereocenters. The van der Waals surface area contributed by atoms with Crippen molar-refractivity contribution in [2.75, 3.05) is 13.2 Å². The third-order valence-corrected chi connectivity index (χ3v) is 2.54. The molecule has 0 aliphatic carbocycles. The van der Waals surface area contributed by atoms with Crippen LogP contribution in [0.25, 0.3) is 0 Å². The van der Waals surface area contributed by atoms with Crippen molar-refractivity contribution in [1.29, 1.82) is 0 Å². The van der Waals surface area contributed by atoms with Crippen LogP contribution in [0.2, 0.25) is 0 Å². The van der Waals surface area contributed by atoms with Crippen LogP contribution in [0.5, 0.6) is 0 Å². The zero-order chi connectivity index (χ0) is 11.4. The zero-order valence-electron chi connectivity index (χ0n) is 9.19. The second-order valence-electron chi connectivity index (χ2n) is 4.01. The van der Waals surface area contributed by atoms with E-state index in [-0.39, 0.29) is 24.5 Å². The molecule has 0 spiro atoms.